The van der Waals surface area contributed by atoms with Gasteiger partial charge < -0.3 is 9.64 Å². The number of ether oxygens (including phenoxy) is 1. The molecule has 126 valence electrons. The van der Waals surface area contributed by atoms with Crippen LogP contribution < -0.4 is 4.74 Å². The number of hydrogen-bond acceptors (Lipinski definition) is 4. The summed E-state index contributed by atoms with van der Waals surface area (Å²) in [6, 6.07) is 8.99. The van der Waals surface area contributed by atoms with E-state index >= 15 is 0 Å². The molecule has 0 aliphatic rings. The second kappa shape index (κ2) is 7.51. The quantitative estimate of drug-likeness (QED) is 0.585. The van der Waals surface area contributed by atoms with Crippen LogP contribution in [0.25, 0.3) is 0 Å². The second-order valence-electron chi connectivity index (χ2n) is 5.04. The van der Waals surface area contributed by atoms with Crippen molar-refractivity contribution >= 4 is 34.8 Å². The molecule has 2 aromatic carbocycles. The number of amides is 1. The highest BCUT2D eigenvalue weighted by molar-refractivity contribution is 6.31. The van der Waals surface area contributed by atoms with E-state index in [1.54, 1.807) is 25.2 Å². The molecule has 1 amide bonds. The van der Waals surface area contributed by atoms with Gasteiger partial charge >= 0.3 is 0 Å². The summed E-state index contributed by atoms with van der Waals surface area (Å²) in [4.78, 5) is 24.4. The molecule has 0 saturated heterocycles. The summed E-state index contributed by atoms with van der Waals surface area (Å²) in [5, 5.41) is 11.8. The predicted molar refractivity (Wildman–Crippen MR) is 91.9 cm³/mol. The Labute approximate surface area is 148 Å². The van der Waals surface area contributed by atoms with Crippen LogP contribution in [0.4, 0.5) is 5.69 Å². The van der Waals surface area contributed by atoms with E-state index in [-0.39, 0.29) is 22.8 Å². The van der Waals surface area contributed by atoms with Crippen molar-refractivity contribution in [3.05, 3.63) is 67.7 Å². The van der Waals surface area contributed by atoms with E-state index < -0.39 is 10.8 Å². The maximum Gasteiger partial charge on any atom is 0.283 e. The lowest BCUT2D eigenvalue weighted by atomic mass is 10.1. The maximum atomic E-state index is 12.6. The summed E-state index contributed by atoms with van der Waals surface area (Å²) in [5.41, 5.74) is 0.322. The Bertz CT molecular complexity index is 796. The number of hydrogen-bond donors (Lipinski definition) is 0. The number of methoxy groups -OCH3 is 1. The molecule has 0 aliphatic carbocycles. The summed E-state index contributed by atoms with van der Waals surface area (Å²) >= 11 is 11.7. The lowest BCUT2D eigenvalue weighted by Gasteiger charge is -2.19. The molecule has 2 rings (SSSR count). The molecule has 0 saturated carbocycles. The lowest BCUT2D eigenvalue weighted by Crippen LogP contribution is -2.27. The smallest absolute Gasteiger partial charge is 0.283 e. The minimum Gasteiger partial charge on any atom is -0.496 e. The van der Waals surface area contributed by atoms with Gasteiger partial charge in [0.05, 0.1) is 12.0 Å². The summed E-state index contributed by atoms with van der Waals surface area (Å²) in [7, 11) is 3.06. The summed E-state index contributed by atoms with van der Waals surface area (Å²) < 4.78 is 5.24. The Morgan fingerprint density at radius 3 is 2.46 bits per heavy atom. The zero-order chi connectivity index (χ0) is 17.9. The van der Waals surface area contributed by atoms with Crippen LogP contribution in [0.2, 0.25) is 10.0 Å². The molecule has 8 heteroatoms. The van der Waals surface area contributed by atoms with E-state index in [1.807, 2.05) is 0 Å². The van der Waals surface area contributed by atoms with Crippen molar-refractivity contribution in [2.45, 2.75) is 6.54 Å². The molecule has 24 heavy (non-hydrogen) atoms. The van der Waals surface area contributed by atoms with Gasteiger partial charge in [0.15, 0.2) is 0 Å². The number of nitro groups is 1. The van der Waals surface area contributed by atoms with Crippen molar-refractivity contribution in [3.8, 4) is 5.75 Å². The zero-order valence-corrected chi connectivity index (χ0v) is 14.5. The van der Waals surface area contributed by atoms with Gasteiger partial charge in [-0.25, -0.2) is 0 Å². The number of carbonyl (C=O) groups excluding carboxylic acids is 1. The van der Waals surface area contributed by atoms with Gasteiger partial charge in [-0.3, -0.25) is 14.9 Å². The molecule has 6 nitrogen and oxygen atoms in total. The van der Waals surface area contributed by atoms with Gasteiger partial charge in [0.25, 0.3) is 11.6 Å². The Morgan fingerprint density at radius 2 is 1.83 bits per heavy atom. The van der Waals surface area contributed by atoms with Crippen LogP contribution in [-0.4, -0.2) is 29.9 Å². The van der Waals surface area contributed by atoms with Crippen LogP contribution in [0.5, 0.6) is 5.75 Å². The molecule has 0 aliphatic heterocycles. The third-order valence-corrected chi connectivity index (χ3v) is 3.85. The van der Waals surface area contributed by atoms with E-state index in [4.69, 9.17) is 27.9 Å². The summed E-state index contributed by atoms with van der Waals surface area (Å²) in [6.07, 6.45) is 0. The average Bonchev–Trinajstić information content (AvgIpc) is 2.54. The van der Waals surface area contributed by atoms with Crippen LogP contribution in [0.1, 0.15) is 15.9 Å². The first kappa shape index (κ1) is 18.0. The molecule has 0 fully saturated rings. The largest absolute Gasteiger partial charge is 0.496 e. The number of nitrogens with zero attached hydrogens (tertiary/aromatic N) is 2. The van der Waals surface area contributed by atoms with Crippen molar-refractivity contribution in [1.82, 2.24) is 4.90 Å². The van der Waals surface area contributed by atoms with Crippen molar-refractivity contribution < 1.29 is 14.5 Å². The highest BCUT2D eigenvalue weighted by atomic mass is 35.5. The van der Waals surface area contributed by atoms with Gasteiger partial charge in [-0.15, -0.1) is 0 Å². The summed E-state index contributed by atoms with van der Waals surface area (Å²) in [5.74, 6) is 0.0741. The van der Waals surface area contributed by atoms with Gasteiger partial charge in [-0.2, -0.15) is 0 Å². The first-order valence-corrected chi connectivity index (χ1v) is 7.61. The second-order valence-corrected chi connectivity index (χ2v) is 5.91. The van der Waals surface area contributed by atoms with Crippen molar-refractivity contribution in [2.75, 3.05) is 14.2 Å². The van der Waals surface area contributed by atoms with Gasteiger partial charge in [0.2, 0.25) is 0 Å². The molecule has 0 bridgehead atoms. The number of rotatable bonds is 5. The van der Waals surface area contributed by atoms with Gasteiger partial charge in [-0.05, 0) is 30.3 Å². The molecule has 0 spiro atoms. The molecule has 0 aromatic heterocycles. The maximum absolute atomic E-state index is 12.6. The van der Waals surface area contributed by atoms with E-state index in [2.05, 4.69) is 0 Å². The van der Waals surface area contributed by atoms with E-state index in [1.165, 1.54) is 24.1 Å². The molecular weight excluding hydrogens is 355 g/mol. The minimum absolute atomic E-state index is 0.0344. The van der Waals surface area contributed by atoms with Crippen molar-refractivity contribution in [2.24, 2.45) is 0 Å². The highest BCUT2D eigenvalue weighted by Gasteiger charge is 2.24. The van der Waals surface area contributed by atoms with E-state index in [0.717, 1.165) is 6.07 Å². The number of carbonyl (C=O) groups is 1. The van der Waals surface area contributed by atoms with Gasteiger partial charge in [-0.1, -0.05) is 23.2 Å². The zero-order valence-electron chi connectivity index (χ0n) is 13.0. The number of nitro benzene ring substituents is 1. The molecule has 0 N–H and O–H groups in total. The third kappa shape index (κ3) is 3.96. The molecule has 0 radical (unpaired) electrons. The molecule has 0 atom stereocenters. The van der Waals surface area contributed by atoms with E-state index in [0.29, 0.717) is 16.3 Å². The first-order valence-electron chi connectivity index (χ1n) is 6.85. The van der Waals surface area contributed by atoms with Crippen LogP contribution in [0.15, 0.2) is 36.4 Å². The van der Waals surface area contributed by atoms with Gasteiger partial charge in [0.1, 0.15) is 11.3 Å². The standard InChI is InChI=1S/C16H14Cl2N2O4/c1-19(9-10-7-11(17)4-6-15(10)24-2)16(21)13-5-3-12(18)8-14(13)20(22)23/h3-8H,9H2,1-2H3. The fourth-order valence-corrected chi connectivity index (χ4v) is 2.60. The monoisotopic (exact) mass is 368 g/mol. The van der Waals surface area contributed by atoms with Crippen LogP contribution in [0, 0.1) is 10.1 Å². The van der Waals surface area contributed by atoms with Crippen LogP contribution >= 0.6 is 23.2 Å². The van der Waals surface area contributed by atoms with Crippen molar-refractivity contribution in [3.63, 3.8) is 0 Å². The van der Waals surface area contributed by atoms with E-state index in [9.17, 15) is 14.9 Å². The Kier molecular flexibility index (Phi) is 5.64. The predicted octanol–water partition coefficient (Wildman–Crippen LogP) is 4.18. The Hall–Kier alpha value is -2.31. The Morgan fingerprint density at radius 1 is 1.21 bits per heavy atom. The van der Waals surface area contributed by atoms with Crippen LogP contribution in [-0.2, 0) is 6.54 Å². The minimum atomic E-state index is -0.632. The molecule has 2 aromatic rings. The lowest BCUT2D eigenvalue weighted by molar-refractivity contribution is -0.385. The van der Waals surface area contributed by atoms with Gasteiger partial charge in [0, 0.05) is 35.3 Å². The number of benzene rings is 2. The third-order valence-electron chi connectivity index (χ3n) is 3.38. The Balaban J connectivity index is 2.31. The van der Waals surface area contributed by atoms with Crippen molar-refractivity contribution in [1.29, 1.82) is 0 Å². The molecule has 0 heterocycles. The topological polar surface area (TPSA) is 72.7 Å². The molecular formula is C16H14Cl2N2O4. The fraction of sp³-hybridized carbons (Fsp3) is 0.188. The average molecular weight is 369 g/mol. The fourth-order valence-electron chi connectivity index (χ4n) is 2.24. The first-order chi connectivity index (χ1) is 11.3. The number of halogens is 2. The normalized spacial score (nSPS) is 10.3. The summed E-state index contributed by atoms with van der Waals surface area (Å²) in [6.45, 7) is 0.183. The van der Waals surface area contributed by atoms with Crippen LogP contribution in [0.3, 0.4) is 0 Å². The SMILES string of the molecule is COc1ccc(Cl)cc1CN(C)C(=O)c1ccc(Cl)cc1[N+](=O)[O-]. The highest BCUT2D eigenvalue weighted by Crippen LogP contribution is 2.27. The molecule has 0 unspecified atom stereocenters.